The molecule has 0 fully saturated rings. The van der Waals surface area contributed by atoms with Crippen molar-refractivity contribution in [3.8, 4) is 11.5 Å². The number of ether oxygens (including phenoxy) is 4. The van der Waals surface area contributed by atoms with Crippen molar-refractivity contribution in [1.29, 1.82) is 0 Å². The van der Waals surface area contributed by atoms with Gasteiger partial charge < -0.3 is 18.9 Å². The van der Waals surface area contributed by atoms with Crippen molar-refractivity contribution in [2.45, 2.75) is 25.7 Å². The van der Waals surface area contributed by atoms with Gasteiger partial charge >= 0.3 is 0 Å². The minimum absolute atomic E-state index is 0.0353. The maximum absolute atomic E-state index is 15.6. The lowest BCUT2D eigenvalue weighted by atomic mass is 9.86. The lowest BCUT2D eigenvalue weighted by molar-refractivity contribution is -0.147. The summed E-state index contributed by atoms with van der Waals surface area (Å²) in [4.78, 5) is 12.5. The van der Waals surface area contributed by atoms with Crippen LogP contribution in [-0.4, -0.2) is 45.8 Å². The Kier molecular flexibility index (Phi) is 8.28. The van der Waals surface area contributed by atoms with E-state index in [0.29, 0.717) is 6.61 Å². The third kappa shape index (κ3) is 5.33. The Morgan fingerprint density at radius 2 is 1.63 bits per heavy atom. The van der Waals surface area contributed by atoms with E-state index in [1.54, 1.807) is 19.9 Å². The van der Waals surface area contributed by atoms with E-state index in [4.69, 9.17) is 24.7 Å². The van der Waals surface area contributed by atoms with Crippen LogP contribution in [0.25, 0.3) is 0 Å². The van der Waals surface area contributed by atoms with Crippen LogP contribution in [0, 0.1) is 5.82 Å². The highest BCUT2D eigenvalue weighted by atomic mass is 19.2. The van der Waals surface area contributed by atoms with E-state index >= 15 is 4.39 Å². The molecule has 0 saturated heterocycles. The number of hydrogen-bond acceptors (Lipinski definition) is 6. The number of Topliss-reactive ketones (excluding diaryl/α,β-unsaturated/α-hetero) is 1. The van der Waals surface area contributed by atoms with Crippen LogP contribution in [-0.2, 0) is 9.47 Å². The molecule has 2 aromatic rings. The van der Waals surface area contributed by atoms with Crippen LogP contribution in [0.15, 0.2) is 36.4 Å². The minimum Gasteiger partial charge on any atom is -0.496 e. The van der Waals surface area contributed by atoms with Gasteiger partial charge in [0.1, 0.15) is 23.9 Å². The quantitative estimate of drug-likeness (QED) is 0.336. The van der Waals surface area contributed by atoms with Gasteiger partial charge in [-0.1, -0.05) is 0 Å². The number of rotatable bonds is 11. The fourth-order valence-corrected chi connectivity index (χ4v) is 3.24. The molecule has 8 heteroatoms. The SMILES string of the molecule is CCOCC(=O)c1ccc(OC)c(C(c2cc(F)ccc2OC)C(N)(F)OCC)c1. The van der Waals surface area contributed by atoms with Gasteiger partial charge in [0.2, 0.25) is 0 Å². The molecule has 0 aliphatic rings. The van der Waals surface area contributed by atoms with Gasteiger partial charge in [0.05, 0.1) is 20.1 Å². The highest BCUT2D eigenvalue weighted by Crippen LogP contribution is 2.44. The molecule has 2 rings (SSSR count). The summed E-state index contributed by atoms with van der Waals surface area (Å²) >= 11 is 0. The first kappa shape index (κ1) is 23.7. The molecule has 2 N–H and O–H groups in total. The molecule has 2 atom stereocenters. The largest absolute Gasteiger partial charge is 0.496 e. The van der Waals surface area contributed by atoms with Crippen LogP contribution in [0.2, 0.25) is 0 Å². The first-order valence-corrected chi connectivity index (χ1v) is 9.53. The second-order valence-electron chi connectivity index (χ2n) is 6.47. The van der Waals surface area contributed by atoms with Crippen LogP contribution in [0.5, 0.6) is 11.5 Å². The molecule has 0 radical (unpaired) electrons. The van der Waals surface area contributed by atoms with Crippen molar-refractivity contribution >= 4 is 5.78 Å². The highest BCUT2D eigenvalue weighted by Gasteiger charge is 2.42. The Hall–Kier alpha value is -2.55. The van der Waals surface area contributed by atoms with E-state index in [9.17, 15) is 9.18 Å². The summed E-state index contributed by atoms with van der Waals surface area (Å²) in [5, 5.41) is 0. The molecule has 0 aliphatic carbocycles. The molecular formula is C22H27F2NO5. The fourth-order valence-electron chi connectivity index (χ4n) is 3.24. The molecule has 2 unspecified atom stereocenters. The molecule has 6 nitrogen and oxygen atoms in total. The zero-order valence-corrected chi connectivity index (χ0v) is 17.5. The van der Waals surface area contributed by atoms with Crippen molar-refractivity contribution < 1.29 is 32.5 Å². The van der Waals surface area contributed by atoms with Crippen molar-refractivity contribution in [3.63, 3.8) is 0 Å². The molecule has 0 spiro atoms. The topological polar surface area (TPSA) is 80.0 Å². The van der Waals surface area contributed by atoms with E-state index in [2.05, 4.69) is 0 Å². The van der Waals surface area contributed by atoms with Crippen molar-refractivity contribution in [2.24, 2.45) is 5.73 Å². The number of carbonyl (C=O) groups excluding carboxylic acids is 1. The highest BCUT2D eigenvalue weighted by molar-refractivity contribution is 5.97. The number of methoxy groups -OCH3 is 2. The number of carbonyl (C=O) groups is 1. The minimum atomic E-state index is -2.75. The summed E-state index contributed by atoms with van der Waals surface area (Å²) in [6.07, 6.45) is 0. The van der Waals surface area contributed by atoms with Gasteiger partial charge in [0.25, 0.3) is 5.98 Å². The number of hydrogen-bond donors (Lipinski definition) is 1. The van der Waals surface area contributed by atoms with E-state index in [1.807, 2.05) is 0 Å². The standard InChI is InChI=1S/C22H27F2NO5/c1-5-29-13-18(26)14-7-9-19(27-3)16(11-14)21(22(24,25)30-6-2)17-12-15(23)8-10-20(17)28-4/h7-12,21H,5-6,13,25H2,1-4H3. The molecule has 0 heterocycles. The van der Waals surface area contributed by atoms with E-state index < -0.39 is 17.7 Å². The Bertz CT molecular complexity index is 873. The van der Waals surface area contributed by atoms with Crippen LogP contribution in [0.1, 0.15) is 41.3 Å². The summed E-state index contributed by atoms with van der Waals surface area (Å²) in [6.45, 7) is 3.56. The van der Waals surface area contributed by atoms with Gasteiger partial charge in [-0.05, 0) is 50.2 Å². The second kappa shape index (κ2) is 10.5. The average molecular weight is 423 g/mol. The van der Waals surface area contributed by atoms with Crippen LogP contribution in [0.4, 0.5) is 8.78 Å². The number of alkyl halides is 1. The smallest absolute Gasteiger partial charge is 0.274 e. The molecule has 164 valence electrons. The summed E-state index contributed by atoms with van der Waals surface area (Å²) in [5.41, 5.74) is 6.50. The molecular weight excluding hydrogens is 396 g/mol. The van der Waals surface area contributed by atoms with E-state index in [1.165, 1.54) is 38.5 Å². The number of nitrogens with two attached hydrogens (primary N) is 1. The van der Waals surface area contributed by atoms with Crippen molar-refractivity contribution in [2.75, 3.05) is 34.0 Å². The third-order valence-electron chi connectivity index (χ3n) is 4.56. The first-order chi connectivity index (χ1) is 14.3. The lowest BCUT2D eigenvalue weighted by Gasteiger charge is -2.32. The maximum Gasteiger partial charge on any atom is 0.274 e. The molecule has 30 heavy (non-hydrogen) atoms. The lowest BCUT2D eigenvalue weighted by Crippen LogP contribution is -2.45. The summed E-state index contributed by atoms with van der Waals surface area (Å²) < 4.78 is 50.8. The predicted octanol–water partition coefficient (Wildman–Crippen LogP) is 3.81. The van der Waals surface area contributed by atoms with Gasteiger partial charge in [-0.15, -0.1) is 0 Å². The monoisotopic (exact) mass is 423 g/mol. The van der Waals surface area contributed by atoms with Crippen molar-refractivity contribution in [1.82, 2.24) is 0 Å². The molecule has 0 aromatic heterocycles. The van der Waals surface area contributed by atoms with Gasteiger partial charge in [0, 0.05) is 29.9 Å². The Morgan fingerprint density at radius 1 is 1.03 bits per heavy atom. The Labute approximate surface area is 174 Å². The van der Waals surface area contributed by atoms with Crippen LogP contribution < -0.4 is 15.2 Å². The summed E-state index contributed by atoms with van der Waals surface area (Å²) in [5.74, 6) is -4.54. The van der Waals surface area contributed by atoms with Gasteiger partial charge in [-0.25, -0.2) is 4.39 Å². The van der Waals surface area contributed by atoms with Crippen molar-refractivity contribution in [3.05, 3.63) is 58.9 Å². The molecule has 0 aliphatic heterocycles. The predicted molar refractivity (Wildman–Crippen MR) is 108 cm³/mol. The zero-order chi connectivity index (χ0) is 22.3. The molecule has 0 amide bonds. The molecule has 0 bridgehead atoms. The molecule has 0 saturated carbocycles. The van der Waals surface area contributed by atoms with Crippen LogP contribution >= 0.6 is 0 Å². The summed E-state index contributed by atoms with van der Waals surface area (Å²) in [7, 11) is 2.78. The third-order valence-corrected chi connectivity index (χ3v) is 4.56. The van der Waals surface area contributed by atoms with Gasteiger partial charge in [-0.2, -0.15) is 4.39 Å². The maximum atomic E-state index is 15.6. The van der Waals surface area contributed by atoms with Gasteiger partial charge in [-0.3, -0.25) is 10.5 Å². The first-order valence-electron chi connectivity index (χ1n) is 9.53. The fraction of sp³-hybridized carbons (Fsp3) is 0.409. The second-order valence-corrected chi connectivity index (χ2v) is 6.47. The van der Waals surface area contributed by atoms with Gasteiger partial charge in [0.15, 0.2) is 5.78 Å². The normalized spacial score (nSPS) is 14.1. The van der Waals surface area contributed by atoms with E-state index in [-0.39, 0.29) is 47.2 Å². The Morgan fingerprint density at radius 3 is 2.20 bits per heavy atom. The Balaban J connectivity index is 2.72. The van der Waals surface area contributed by atoms with E-state index in [0.717, 1.165) is 6.07 Å². The van der Waals surface area contributed by atoms with Crippen LogP contribution in [0.3, 0.4) is 0 Å². The average Bonchev–Trinajstić information content (AvgIpc) is 2.72. The molecule has 2 aromatic carbocycles. The number of ketones is 1. The number of halogens is 2. The number of benzene rings is 2. The summed E-state index contributed by atoms with van der Waals surface area (Å²) in [6, 6.07) is 8.20. The zero-order valence-electron chi connectivity index (χ0n) is 17.5.